The van der Waals surface area contributed by atoms with Crippen LogP contribution in [0.4, 0.5) is 11.5 Å². The molecule has 3 nitrogen and oxygen atoms in total. The maximum Gasteiger partial charge on any atom is 0.133 e. The molecule has 1 aliphatic heterocycles. The number of fused-ring (bicyclic) bond motifs is 1. The standard InChI is InChI=1S/C17H21N3/c1-12-7-8-14-5-3-4-6-16(14)20(12)17-11-15(13(2)18)9-10-19-17/h3-6,9-13H,7-8,18H2,1-2H3/t12?,13-/m1/s1. The fourth-order valence-corrected chi connectivity index (χ4v) is 2.89. The third-order valence-electron chi connectivity index (χ3n) is 4.07. The van der Waals surface area contributed by atoms with Crippen molar-refractivity contribution in [3.8, 4) is 0 Å². The summed E-state index contributed by atoms with van der Waals surface area (Å²) in [6.07, 6.45) is 4.15. The van der Waals surface area contributed by atoms with Crippen molar-refractivity contribution in [3.63, 3.8) is 0 Å². The predicted octanol–water partition coefficient (Wildman–Crippen LogP) is 3.57. The van der Waals surface area contributed by atoms with Crippen molar-refractivity contribution in [1.29, 1.82) is 0 Å². The molecule has 2 heterocycles. The number of hydrogen-bond acceptors (Lipinski definition) is 3. The van der Waals surface area contributed by atoms with Gasteiger partial charge in [0.15, 0.2) is 0 Å². The molecule has 1 aromatic carbocycles. The van der Waals surface area contributed by atoms with Gasteiger partial charge in [-0.2, -0.15) is 0 Å². The molecule has 0 saturated carbocycles. The quantitative estimate of drug-likeness (QED) is 0.904. The molecular formula is C17H21N3. The maximum atomic E-state index is 6.00. The fourth-order valence-electron chi connectivity index (χ4n) is 2.89. The summed E-state index contributed by atoms with van der Waals surface area (Å²) in [6, 6.07) is 13.2. The Kier molecular flexibility index (Phi) is 3.45. The number of pyridine rings is 1. The van der Waals surface area contributed by atoms with Gasteiger partial charge >= 0.3 is 0 Å². The first-order valence-corrected chi connectivity index (χ1v) is 7.25. The lowest BCUT2D eigenvalue weighted by Gasteiger charge is -2.36. The summed E-state index contributed by atoms with van der Waals surface area (Å²) in [5.41, 5.74) is 9.80. The Morgan fingerprint density at radius 1 is 1.30 bits per heavy atom. The van der Waals surface area contributed by atoms with Crippen LogP contribution in [0.2, 0.25) is 0 Å². The van der Waals surface area contributed by atoms with Crippen molar-refractivity contribution in [1.82, 2.24) is 4.98 Å². The highest BCUT2D eigenvalue weighted by Gasteiger charge is 2.25. The van der Waals surface area contributed by atoms with E-state index < -0.39 is 0 Å². The summed E-state index contributed by atoms with van der Waals surface area (Å²) < 4.78 is 0. The predicted molar refractivity (Wildman–Crippen MR) is 83.2 cm³/mol. The molecule has 2 N–H and O–H groups in total. The van der Waals surface area contributed by atoms with Crippen LogP contribution in [0.3, 0.4) is 0 Å². The van der Waals surface area contributed by atoms with Crippen molar-refractivity contribution in [2.75, 3.05) is 4.90 Å². The van der Waals surface area contributed by atoms with Gasteiger partial charge in [-0.3, -0.25) is 0 Å². The van der Waals surface area contributed by atoms with E-state index in [1.54, 1.807) is 0 Å². The largest absolute Gasteiger partial charge is 0.324 e. The summed E-state index contributed by atoms with van der Waals surface area (Å²) in [5, 5.41) is 0. The average Bonchev–Trinajstić information content (AvgIpc) is 2.47. The Balaban J connectivity index is 2.07. The molecule has 2 aromatic rings. The molecule has 1 unspecified atom stereocenters. The van der Waals surface area contributed by atoms with Gasteiger partial charge in [0, 0.05) is 24.0 Å². The minimum Gasteiger partial charge on any atom is -0.324 e. The van der Waals surface area contributed by atoms with Gasteiger partial charge in [-0.05, 0) is 56.0 Å². The average molecular weight is 267 g/mol. The SMILES string of the molecule is CC1CCc2ccccc2N1c1cc([C@@H](C)N)ccn1. The van der Waals surface area contributed by atoms with Crippen LogP contribution in [0.1, 0.15) is 37.4 Å². The van der Waals surface area contributed by atoms with E-state index in [1.807, 2.05) is 19.2 Å². The molecule has 2 atom stereocenters. The van der Waals surface area contributed by atoms with Crippen LogP contribution in [-0.2, 0) is 6.42 Å². The van der Waals surface area contributed by atoms with E-state index in [-0.39, 0.29) is 6.04 Å². The number of benzene rings is 1. The second-order valence-electron chi connectivity index (χ2n) is 5.62. The maximum absolute atomic E-state index is 6.00. The zero-order valence-corrected chi connectivity index (χ0v) is 12.1. The van der Waals surface area contributed by atoms with E-state index >= 15 is 0 Å². The molecule has 0 saturated heterocycles. The monoisotopic (exact) mass is 267 g/mol. The van der Waals surface area contributed by atoms with Crippen LogP contribution in [0.25, 0.3) is 0 Å². The number of nitrogens with two attached hydrogens (primary N) is 1. The van der Waals surface area contributed by atoms with Gasteiger partial charge < -0.3 is 10.6 Å². The minimum atomic E-state index is 0.0343. The summed E-state index contributed by atoms with van der Waals surface area (Å²) in [5.74, 6) is 0.999. The first-order chi connectivity index (χ1) is 9.66. The highest BCUT2D eigenvalue weighted by Crippen LogP contribution is 2.36. The summed E-state index contributed by atoms with van der Waals surface area (Å²) in [7, 11) is 0. The molecule has 104 valence electrons. The summed E-state index contributed by atoms with van der Waals surface area (Å²) >= 11 is 0. The Morgan fingerprint density at radius 3 is 2.90 bits per heavy atom. The van der Waals surface area contributed by atoms with Gasteiger partial charge in [0.25, 0.3) is 0 Å². The first kappa shape index (κ1) is 13.1. The van der Waals surface area contributed by atoms with Crippen LogP contribution < -0.4 is 10.6 Å². The molecule has 1 aromatic heterocycles. The van der Waals surface area contributed by atoms with Gasteiger partial charge in [-0.15, -0.1) is 0 Å². The van der Waals surface area contributed by atoms with Crippen LogP contribution in [0, 0.1) is 0 Å². The molecule has 0 aliphatic carbocycles. The Morgan fingerprint density at radius 2 is 2.10 bits per heavy atom. The van der Waals surface area contributed by atoms with Crippen molar-refractivity contribution in [2.45, 2.75) is 38.8 Å². The summed E-state index contributed by atoms with van der Waals surface area (Å²) in [6.45, 7) is 4.27. The molecular weight excluding hydrogens is 246 g/mol. The van der Waals surface area contributed by atoms with Gasteiger partial charge in [0.2, 0.25) is 0 Å². The fraction of sp³-hybridized carbons (Fsp3) is 0.353. The molecule has 3 rings (SSSR count). The lowest BCUT2D eigenvalue weighted by atomic mass is 9.96. The third kappa shape index (κ3) is 2.29. The van der Waals surface area contributed by atoms with E-state index in [4.69, 9.17) is 5.73 Å². The smallest absolute Gasteiger partial charge is 0.133 e. The molecule has 0 fully saturated rings. The molecule has 20 heavy (non-hydrogen) atoms. The third-order valence-corrected chi connectivity index (χ3v) is 4.07. The molecule has 0 bridgehead atoms. The van der Waals surface area contributed by atoms with Crippen molar-refractivity contribution in [2.24, 2.45) is 5.73 Å². The van der Waals surface area contributed by atoms with Gasteiger partial charge in [0.1, 0.15) is 5.82 Å². The number of rotatable bonds is 2. The molecule has 1 aliphatic rings. The highest BCUT2D eigenvalue weighted by atomic mass is 15.2. The van der Waals surface area contributed by atoms with Gasteiger partial charge in [-0.25, -0.2) is 4.98 Å². The van der Waals surface area contributed by atoms with E-state index in [2.05, 4.69) is 47.1 Å². The zero-order valence-electron chi connectivity index (χ0n) is 12.1. The number of hydrogen-bond donors (Lipinski definition) is 1. The van der Waals surface area contributed by atoms with Crippen molar-refractivity contribution >= 4 is 11.5 Å². The van der Waals surface area contributed by atoms with E-state index in [0.29, 0.717) is 6.04 Å². The van der Waals surface area contributed by atoms with Crippen LogP contribution in [0.5, 0.6) is 0 Å². The van der Waals surface area contributed by atoms with Crippen LogP contribution >= 0.6 is 0 Å². The Labute approximate surface area is 120 Å². The Hall–Kier alpha value is -1.87. The second-order valence-corrected chi connectivity index (χ2v) is 5.62. The minimum absolute atomic E-state index is 0.0343. The van der Waals surface area contributed by atoms with E-state index in [9.17, 15) is 0 Å². The molecule has 0 radical (unpaired) electrons. The first-order valence-electron chi connectivity index (χ1n) is 7.25. The normalized spacial score (nSPS) is 19.6. The number of para-hydroxylation sites is 1. The second kappa shape index (κ2) is 5.25. The molecule has 0 spiro atoms. The summed E-state index contributed by atoms with van der Waals surface area (Å²) in [4.78, 5) is 6.90. The number of aryl methyl sites for hydroxylation is 1. The van der Waals surface area contributed by atoms with Gasteiger partial charge in [-0.1, -0.05) is 18.2 Å². The molecule has 0 amide bonds. The van der Waals surface area contributed by atoms with Gasteiger partial charge in [0.05, 0.1) is 0 Å². The van der Waals surface area contributed by atoms with Crippen molar-refractivity contribution in [3.05, 3.63) is 53.7 Å². The van der Waals surface area contributed by atoms with E-state index in [0.717, 1.165) is 24.2 Å². The molecule has 3 heteroatoms. The lowest BCUT2D eigenvalue weighted by molar-refractivity contribution is 0.613. The Bertz CT molecular complexity index is 607. The number of aromatic nitrogens is 1. The number of anilines is 2. The highest BCUT2D eigenvalue weighted by molar-refractivity contribution is 5.66. The lowest BCUT2D eigenvalue weighted by Crippen LogP contribution is -2.33. The topological polar surface area (TPSA) is 42.1 Å². The van der Waals surface area contributed by atoms with Crippen LogP contribution in [-0.4, -0.2) is 11.0 Å². The van der Waals surface area contributed by atoms with Crippen LogP contribution in [0.15, 0.2) is 42.6 Å². The zero-order chi connectivity index (χ0) is 14.1. The van der Waals surface area contributed by atoms with Crippen molar-refractivity contribution < 1.29 is 0 Å². The number of nitrogens with zero attached hydrogens (tertiary/aromatic N) is 2. The van der Waals surface area contributed by atoms with E-state index in [1.165, 1.54) is 11.3 Å².